The fourth-order valence-electron chi connectivity index (χ4n) is 1.98. The maximum Gasteiger partial charge on any atom is 0.0205 e. The van der Waals surface area contributed by atoms with E-state index in [9.17, 15) is 0 Å². The minimum atomic E-state index is 0. The van der Waals surface area contributed by atoms with E-state index in [2.05, 4.69) is 46.3 Å². The zero-order valence-corrected chi connectivity index (χ0v) is 13.8. The molecule has 4 nitrogen and oxygen atoms in total. The minimum absolute atomic E-state index is 0. The van der Waals surface area contributed by atoms with Gasteiger partial charge in [-0.3, -0.25) is 0 Å². The Bertz CT molecular complexity index is 308. The molecule has 0 bridgehead atoms. The highest BCUT2D eigenvalue weighted by molar-refractivity contribution is 5.85. The van der Waals surface area contributed by atoms with E-state index in [4.69, 9.17) is 5.73 Å². The number of hydrogen-bond donors (Lipinski definition) is 4. The van der Waals surface area contributed by atoms with Gasteiger partial charge in [-0.1, -0.05) is 30.3 Å². The summed E-state index contributed by atoms with van der Waals surface area (Å²) in [6.45, 7) is 7.11. The van der Waals surface area contributed by atoms with Gasteiger partial charge < -0.3 is 21.7 Å². The van der Waals surface area contributed by atoms with E-state index in [-0.39, 0.29) is 12.4 Å². The summed E-state index contributed by atoms with van der Waals surface area (Å²) in [4.78, 5) is 0. The van der Waals surface area contributed by atoms with Crippen molar-refractivity contribution >= 4 is 12.4 Å². The van der Waals surface area contributed by atoms with Crippen LogP contribution in [0.3, 0.4) is 0 Å². The maximum absolute atomic E-state index is 5.43. The van der Waals surface area contributed by atoms with Crippen LogP contribution in [0.15, 0.2) is 30.3 Å². The molecule has 0 saturated carbocycles. The minimum Gasteiger partial charge on any atom is -0.330 e. The SMILES string of the molecule is Cl.NCCCNCCCNCCCNCc1ccccc1. The van der Waals surface area contributed by atoms with Crippen molar-refractivity contribution in [3.05, 3.63) is 35.9 Å². The molecule has 0 unspecified atom stereocenters. The van der Waals surface area contributed by atoms with Crippen LogP contribution >= 0.6 is 12.4 Å². The molecule has 0 atom stereocenters. The molecule has 5 heteroatoms. The molecule has 21 heavy (non-hydrogen) atoms. The number of halogens is 1. The standard InChI is InChI=1S/C16H30N4.ClH/c17-9-4-10-18-11-5-12-19-13-6-14-20-15-16-7-2-1-3-8-16;/h1-3,7-8,18-20H,4-6,9-15,17H2;1H. The van der Waals surface area contributed by atoms with E-state index >= 15 is 0 Å². The highest BCUT2D eigenvalue weighted by Crippen LogP contribution is 1.96. The molecule has 0 heterocycles. The van der Waals surface area contributed by atoms with Crippen molar-refractivity contribution in [2.24, 2.45) is 5.73 Å². The van der Waals surface area contributed by atoms with Crippen molar-refractivity contribution in [3.63, 3.8) is 0 Å². The first-order valence-corrected chi connectivity index (χ1v) is 7.79. The number of hydrogen-bond acceptors (Lipinski definition) is 4. The monoisotopic (exact) mass is 314 g/mol. The fourth-order valence-corrected chi connectivity index (χ4v) is 1.98. The van der Waals surface area contributed by atoms with Crippen LogP contribution in [0.25, 0.3) is 0 Å². The summed E-state index contributed by atoms with van der Waals surface area (Å²) in [5.74, 6) is 0. The maximum atomic E-state index is 5.43. The predicted octanol–water partition coefficient (Wildman–Crippen LogP) is 1.51. The van der Waals surface area contributed by atoms with E-state index in [1.165, 1.54) is 18.4 Å². The quantitative estimate of drug-likeness (QED) is 0.417. The van der Waals surface area contributed by atoms with Gasteiger partial charge in [0.05, 0.1) is 0 Å². The van der Waals surface area contributed by atoms with Gasteiger partial charge in [-0.2, -0.15) is 0 Å². The predicted molar refractivity (Wildman–Crippen MR) is 94.0 cm³/mol. The summed E-state index contributed by atoms with van der Waals surface area (Å²) >= 11 is 0. The van der Waals surface area contributed by atoms with E-state index in [1.807, 2.05) is 0 Å². The third-order valence-electron chi connectivity index (χ3n) is 3.14. The van der Waals surface area contributed by atoms with Gasteiger partial charge in [-0.05, 0) is 64.1 Å². The van der Waals surface area contributed by atoms with Gasteiger partial charge in [0, 0.05) is 6.54 Å². The Labute approximate surface area is 135 Å². The van der Waals surface area contributed by atoms with Gasteiger partial charge in [-0.25, -0.2) is 0 Å². The van der Waals surface area contributed by atoms with Crippen molar-refractivity contribution in [1.29, 1.82) is 0 Å². The summed E-state index contributed by atoms with van der Waals surface area (Å²) in [7, 11) is 0. The lowest BCUT2D eigenvalue weighted by Gasteiger charge is -2.07. The summed E-state index contributed by atoms with van der Waals surface area (Å²) < 4.78 is 0. The van der Waals surface area contributed by atoms with E-state index in [0.717, 1.165) is 52.2 Å². The van der Waals surface area contributed by atoms with Crippen LogP contribution in [-0.4, -0.2) is 39.3 Å². The van der Waals surface area contributed by atoms with Crippen molar-refractivity contribution < 1.29 is 0 Å². The van der Waals surface area contributed by atoms with E-state index < -0.39 is 0 Å². The van der Waals surface area contributed by atoms with Crippen LogP contribution in [0.5, 0.6) is 0 Å². The normalized spacial score (nSPS) is 10.3. The van der Waals surface area contributed by atoms with Crippen LogP contribution in [0, 0.1) is 0 Å². The average Bonchev–Trinajstić information content (AvgIpc) is 2.49. The Hall–Kier alpha value is -0.650. The third-order valence-corrected chi connectivity index (χ3v) is 3.14. The molecule has 1 aromatic carbocycles. The van der Waals surface area contributed by atoms with Crippen LogP contribution in [0.1, 0.15) is 24.8 Å². The van der Waals surface area contributed by atoms with Gasteiger partial charge in [0.2, 0.25) is 0 Å². The molecule has 0 spiro atoms. The number of benzene rings is 1. The Balaban J connectivity index is 0.00000400. The lowest BCUT2D eigenvalue weighted by molar-refractivity contribution is 0.561. The molecule has 122 valence electrons. The lowest BCUT2D eigenvalue weighted by atomic mass is 10.2. The van der Waals surface area contributed by atoms with Crippen molar-refractivity contribution in [1.82, 2.24) is 16.0 Å². The Morgan fingerprint density at radius 3 is 1.81 bits per heavy atom. The van der Waals surface area contributed by atoms with Gasteiger partial charge in [0.25, 0.3) is 0 Å². The van der Waals surface area contributed by atoms with Crippen LogP contribution in [-0.2, 0) is 6.54 Å². The number of rotatable bonds is 13. The second kappa shape index (κ2) is 15.7. The summed E-state index contributed by atoms with van der Waals surface area (Å²) in [5, 5.41) is 10.3. The number of nitrogens with one attached hydrogen (secondary N) is 3. The Morgan fingerprint density at radius 1 is 0.714 bits per heavy atom. The molecule has 0 aromatic heterocycles. The largest absolute Gasteiger partial charge is 0.330 e. The molecule has 0 saturated heterocycles. The summed E-state index contributed by atoms with van der Waals surface area (Å²) in [6, 6.07) is 10.5. The molecule has 0 fully saturated rings. The van der Waals surface area contributed by atoms with Gasteiger partial charge in [-0.15, -0.1) is 12.4 Å². The molecule has 0 aliphatic carbocycles. The topological polar surface area (TPSA) is 62.1 Å². The molecule has 1 aromatic rings. The third kappa shape index (κ3) is 12.8. The molecule has 0 amide bonds. The van der Waals surface area contributed by atoms with Crippen molar-refractivity contribution in [3.8, 4) is 0 Å². The van der Waals surface area contributed by atoms with Crippen LogP contribution < -0.4 is 21.7 Å². The molecule has 5 N–H and O–H groups in total. The first kappa shape index (κ1) is 20.3. The molecule has 0 radical (unpaired) electrons. The molecule has 1 rings (SSSR count). The van der Waals surface area contributed by atoms with Crippen LogP contribution in [0.4, 0.5) is 0 Å². The second-order valence-corrected chi connectivity index (χ2v) is 5.01. The van der Waals surface area contributed by atoms with Crippen molar-refractivity contribution in [2.45, 2.75) is 25.8 Å². The smallest absolute Gasteiger partial charge is 0.0205 e. The fraction of sp³-hybridized carbons (Fsp3) is 0.625. The van der Waals surface area contributed by atoms with E-state index in [0.29, 0.717) is 0 Å². The highest BCUT2D eigenvalue weighted by atomic mass is 35.5. The van der Waals surface area contributed by atoms with Crippen LogP contribution in [0.2, 0.25) is 0 Å². The first-order chi connectivity index (χ1) is 9.93. The lowest BCUT2D eigenvalue weighted by Crippen LogP contribution is -2.26. The molecular weight excluding hydrogens is 284 g/mol. The highest BCUT2D eigenvalue weighted by Gasteiger charge is 1.92. The molecule has 0 aliphatic rings. The first-order valence-electron chi connectivity index (χ1n) is 7.79. The van der Waals surface area contributed by atoms with Gasteiger partial charge in [0.1, 0.15) is 0 Å². The Kier molecular flexibility index (Phi) is 15.2. The summed E-state index contributed by atoms with van der Waals surface area (Å²) in [6.07, 6.45) is 3.43. The molecular formula is C16H31ClN4. The van der Waals surface area contributed by atoms with Crippen molar-refractivity contribution in [2.75, 3.05) is 39.3 Å². The zero-order chi connectivity index (χ0) is 14.3. The van der Waals surface area contributed by atoms with Gasteiger partial charge in [0.15, 0.2) is 0 Å². The Morgan fingerprint density at radius 2 is 1.24 bits per heavy atom. The van der Waals surface area contributed by atoms with E-state index in [1.54, 1.807) is 0 Å². The average molecular weight is 315 g/mol. The number of nitrogens with two attached hydrogens (primary N) is 1. The second-order valence-electron chi connectivity index (χ2n) is 5.01. The summed E-state index contributed by atoms with van der Waals surface area (Å²) in [5.41, 5.74) is 6.78. The molecule has 0 aliphatic heterocycles. The van der Waals surface area contributed by atoms with Gasteiger partial charge >= 0.3 is 0 Å². The zero-order valence-electron chi connectivity index (χ0n) is 12.9.